The first-order chi connectivity index (χ1) is 13.3. The van der Waals surface area contributed by atoms with Gasteiger partial charge in [0.2, 0.25) is 0 Å². The first kappa shape index (κ1) is 18.8. The van der Waals surface area contributed by atoms with E-state index in [-0.39, 0.29) is 23.9 Å². The van der Waals surface area contributed by atoms with Gasteiger partial charge in [-0.25, -0.2) is 14.1 Å². The maximum Gasteiger partial charge on any atom is 0.257 e. The Morgan fingerprint density at radius 1 is 1.21 bits per heavy atom. The Hall–Kier alpha value is -2.51. The van der Waals surface area contributed by atoms with E-state index >= 15 is 0 Å². The molecule has 0 aliphatic carbocycles. The van der Waals surface area contributed by atoms with Crippen molar-refractivity contribution in [2.24, 2.45) is 0 Å². The minimum atomic E-state index is -0.329. The molecule has 0 N–H and O–H groups in total. The van der Waals surface area contributed by atoms with Gasteiger partial charge in [0.1, 0.15) is 5.82 Å². The number of rotatable bonds is 2. The third-order valence-electron chi connectivity index (χ3n) is 4.82. The number of fused-ring (bicyclic) bond motifs is 1. The number of halogens is 2. The first-order valence-corrected chi connectivity index (χ1v) is 9.47. The summed E-state index contributed by atoms with van der Waals surface area (Å²) >= 11 is 6.63. The number of aromatic nitrogens is 3. The van der Waals surface area contributed by atoms with Gasteiger partial charge in [0.15, 0.2) is 5.65 Å². The summed E-state index contributed by atoms with van der Waals surface area (Å²) in [6.45, 7) is 6.70. The van der Waals surface area contributed by atoms with Crippen molar-refractivity contribution < 1.29 is 13.9 Å². The Labute approximate surface area is 166 Å². The molecule has 3 aromatic rings. The molecular weight excluding hydrogens is 383 g/mol. The highest BCUT2D eigenvalue weighted by molar-refractivity contribution is 6.38. The van der Waals surface area contributed by atoms with Gasteiger partial charge in [-0.1, -0.05) is 11.6 Å². The highest BCUT2D eigenvalue weighted by atomic mass is 35.5. The van der Waals surface area contributed by atoms with Gasteiger partial charge in [-0.15, -0.1) is 0 Å². The van der Waals surface area contributed by atoms with Gasteiger partial charge < -0.3 is 9.64 Å². The number of nitrogens with zero attached hydrogens (tertiary/aromatic N) is 4. The number of hydrogen-bond donors (Lipinski definition) is 0. The average Bonchev–Trinajstić information content (AvgIpc) is 2.99. The SMILES string of the molecule is Cc1nn(-c2ccc(F)cc2)c2ncc(C(=O)N3C[C@@H](C)O[C@@H](C)C3)c(Cl)c12. The minimum absolute atomic E-state index is 0.0360. The van der Waals surface area contributed by atoms with Crippen molar-refractivity contribution in [3.8, 4) is 5.69 Å². The number of amides is 1. The monoisotopic (exact) mass is 402 g/mol. The second kappa shape index (κ2) is 7.14. The van der Waals surface area contributed by atoms with E-state index in [0.717, 1.165) is 0 Å². The van der Waals surface area contributed by atoms with Crippen LogP contribution < -0.4 is 0 Å². The van der Waals surface area contributed by atoms with E-state index in [0.29, 0.717) is 46.1 Å². The summed E-state index contributed by atoms with van der Waals surface area (Å²) in [7, 11) is 0. The number of hydrogen-bond acceptors (Lipinski definition) is 4. The van der Waals surface area contributed by atoms with Crippen molar-refractivity contribution in [3.05, 3.63) is 52.6 Å². The number of ether oxygens (including phenoxy) is 1. The van der Waals surface area contributed by atoms with Gasteiger partial charge in [-0.3, -0.25) is 4.79 Å². The number of aryl methyl sites for hydroxylation is 1. The molecule has 0 bridgehead atoms. The van der Waals surface area contributed by atoms with Crippen LogP contribution in [0.1, 0.15) is 29.9 Å². The molecule has 1 fully saturated rings. The normalized spacial score (nSPS) is 20.0. The summed E-state index contributed by atoms with van der Waals surface area (Å²) in [6.07, 6.45) is 1.41. The molecule has 1 aliphatic heterocycles. The summed E-state index contributed by atoms with van der Waals surface area (Å²) in [6, 6.07) is 5.95. The van der Waals surface area contributed by atoms with E-state index in [4.69, 9.17) is 16.3 Å². The zero-order chi connectivity index (χ0) is 20.0. The molecule has 2 aromatic heterocycles. The maximum atomic E-state index is 13.2. The van der Waals surface area contributed by atoms with Gasteiger partial charge in [0.25, 0.3) is 5.91 Å². The second-order valence-electron chi connectivity index (χ2n) is 7.13. The van der Waals surface area contributed by atoms with E-state index in [1.807, 2.05) is 20.8 Å². The van der Waals surface area contributed by atoms with Crippen LogP contribution in [0.3, 0.4) is 0 Å². The molecule has 1 aromatic carbocycles. The smallest absolute Gasteiger partial charge is 0.257 e. The van der Waals surface area contributed by atoms with Crippen LogP contribution in [0.25, 0.3) is 16.7 Å². The lowest BCUT2D eigenvalue weighted by atomic mass is 10.1. The van der Waals surface area contributed by atoms with E-state index in [1.54, 1.807) is 21.7 Å². The second-order valence-corrected chi connectivity index (χ2v) is 7.50. The van der Waals surface area contributed by atoms with Crippen LogP contribution in [-0.2, 0) is 4.74 Å². The van der Waals surface area contributed by atoms with E-state index in [1.165, 1.54) is 18.3 Å². The highest BCUT2D eigenvalue weighted by Gasteiger charge is 2.29. The van der Waals surface area contributed by atoms with E-state index < -0.39 is 0 Å². The summed E-state index contributed by atoms with van der Waals surface area (Å²) in [5.41, 5.74) is 2.18. The van der Waals surface area contributed by atoms with Crippen LogP contribution in [0.15, 0.2) is 30.5 Å². The van der Waals surface area contributed by atoms with Crippen LogP contribution in [0.5, 0.6) is 0 Å². The van der Waals surface area contributed by atoms with Crippen molar-refractivity contribution in [1.29, 1.82) is 0 Å². The van der Waals surface area contributed by atoms with Gasteiger partial charge in [0, 0.05) is 19.3 Å². The van der Waals surface area contributed by atoms with Gasteiger partial charge in [-0.2, -0.15) is 5.10 Å². The Kier molecular flexibility index (Phi) is 4.81. The molecule has 0 saturated carbocycles. The summed E-state index contributed by atoms with van der Waals surface area (Å²) in [5.74, 6) is -0.500. The highest BCUT2D eigenvalue weighted by Crippen LogP contribution is 2.31. The van der Waals surface area contributed by atoms with Gasteiger partial charge in [-0.05, 0) is 45.0 Å². The molecule has 1 saturated heterocycles. The molecule has 0 spiro atoms. The fourth-order valence-corrected chi connectivity index (χ4v) is 3.98. The lowest BCUT2D eigenvalue weighted by Crippen LogP contribution is -2.48. The van der Waals surface area contributed by atoms with Crippen LogP contribution >= 0.6 is 11.6 Å². The molecule has 28 heavy (non-hydrogen) atoms. The number of carbonyl (C=O) groups excluding carboxylic acids is 1. The molecule has 6 nitrogen and oxygen atoms in total. The Morgan fingerprint density at radius 3 is 2.50 bits per heavy atom. The lowest BCUT2D eigenvalue weighted by molar-refractivity contribution is -0.0586. The number of pyridine rings is 1. The summed E-state index contributed by atoms with van der Waals surface area (Å²) in [4.78, 5) is 19.3. The molecule has 0 unspecified atom stereocenters. The van der Waals surface area contributed by atoms with Crippen LogP contribution in [0.2, 0.25) is 5.02 Å². The summed E-state index contributed by atoms with van der Waals surface area (Å²) < 4.78 is 20.5. The van der Waals surface area contributed by atoms with Crippen LogP contribution in [0, 0.1) is 12.7 Å². The molecule has 0 radical (unpaired) electrons. The van der Waals surface area contributed by atoms with E-state index in [2.05, 4.69) is 10.1 Å². The molecule has 1 aliphatic rings. The van der Waals surface area contributed by atoms with Crippen molar-refractivity contribution in [2.45, 2.75) is 33.0 Å². The average molecular weight is 403 g/mol. The molecule has 2 atom stereocenters. The van der Waals surface area contributed by atoms with Crippen molar-refractivity contribution in [2.75, 3.05) is 13.1 Å². The Bertz CT molecular complexity index is 1040. The third-order valence-corrected chi connectivity index (χ3v) is 5.21. The first-order valence-electron chi connectivity index (χ1n) is 9.09. The zero-order valence-corrected chi connectivity index (χ0v) is 16.6. The molecular formula is C20H20ClFN4O2. The maximum absolute atomic E-state index is 13.2. The fourth-order valence-electron chi connectivity index (χ4n) is 3.63. The third kappa shape index (κ3) is 3.25. The van der Waals surface area contributed by atoms with Crippen molar-refractivity contribution in [1.82, 2.24) is 19.7 Å². The molecule has 3 heterocycles. The van der Waals surface area contributed by atoms with Crippen molar-refractivity contribution in [3.63, 3.8) is 0 Å². The molecule has 146 valence electrons. The van der Waals surface area contributed by atoms with Crippen LogP contribution in [0.4, 0.5) is 4.39 Å². The fraction of sp³-hybridized carbons (Fsp3) is 0.350. The molecule has 4 rings (SSSR count). The van der Waals surface area contributed by atoms with Gasteiger partial charge >= 0.3 is 0 Å². The topological polar surface area (TPSA) is 60.2 Å². The predicted molar refractivity (Wildman–Crippen MR) is 104 cm³/mol. The number of benzene rings is 1. The Morgan fingerprint density at radius 2 is 1.86 bits per heavy atom. The largest absolute Gasteiger partial charge is 0.372 e. The minimum Gasteiger partial charge on any atom is -0.372 e. The quantitative estimate of drug-likeness (QED) is 0.654. The Balaban J connectivity index is 1.76. The zero-order valence-electron chi connectivity index (χ0n) is 15.8. The van der Waals surface area contributed by atoms with Gasteiger partial charge in [0.05, 0.1) is 39.6 Å². The molecule has 8 heteroatoms. The number of carbonyl (C=O) groups is 1. The summed E-state index contributed by atoms with van der Waals surface area (Å²) in [5, 5.41) is 5.43. The number of morpholine rings is 1. The lowest BCUT2D eigenvalue weighted by Gasteiger charge is -2.35. The van der Waals surface area contributed by atoms with Crippen LogP contribution in [-0.4, -0.2) is 50.9 Å². The predicted octanol–water partition coefficient (Wildman–Crippen LogP) is 3.77. The van der Waals surface area contributed by atoms with E-state index in [9.17, 15) is 9.18 Å². The van der Waals surface area contributed by atoms with Crippen molar-refractivity contribution >= 4 is 28.5 Å². The molecule has 1 amide bonds. The standard InChI is InChI=1S/C20H20ClFN4O2/c1-11-9-25(10-12(2)28-11)20(27)16-8-23-19-17(18(16)21)13(3)24-26(19)15-6-4-14(22)5-7-15/h4-8,11-12H,9-10H2,1-3H3/t11-,12+.